The van der Waals surface area contributed by atoms with Crippen molar-refractivity contribution in [1.82, 2.24) is 5.32 Å². The van der Waals surface area contributed by atoms with Gasteiger partial charge in [0.1, 0.15) is 0 Å². The van der Waals surface area contributed by atoms with Crippen molar-refractivity contribution in [2.24, 2.45) is 0 Å². The van der Waals surface area contributed by atoms with E-state index in [4.69, 9.17) is 11.6 Å². The van der Waals surface area contributed by atoms with Gasteiger partial charge >= 0.3 is 0 Å². The maximum atomic E-state index is 9.26. The van der Waals surface area contributed by atoms with Gasteiger partial charge in [0.15, 0.2) is 0 Å². The van der Waals surface area contributed by atoms with E-state index < -0.39 is 0 Å². The maximum Gasteiger partial charge on any atom is 0.0606 e. The van der Waals surface area contributed by atoms with Crippen molar-refractivity contribution in [3.05, 3.63) is 28.8 Å². The van der Waals surface area contributed by atoms with Crippen LogP contribution in [0.3, 0.4) is 0 Å². The molecule has 0 radical (unpaired) electrons. The Labute approximate surface area is 125 Å². The average Bonchev–Trinajstić information content (AvgIpc) is 3.19. The molecule has 3 rings (SSSR count). The van der Waals surface area contributed by atoms with Gasteiger partial charge in [0.25, 0.3) is 0 Å². The van der Waals surface area contributed by atoms with E-state index in [0.717, 1.165) is 17.3 Å². The molecule has 2 fully saturated rings. The van der Waals surface area contributed by atoms with E-state index in [1.807, 2.05) is 0 Å². The number of aliphatic hydroxyl groups excluding tert-OH is 1. The molecule has 0 aromatic heterocycles. The lowest BCUT2D eigenvalue weighted by Gasteiger charge is -2.39. The van der Waals surface area contributed by atoms with Crippen LogP contribution >= 0.6 is 11.6 Å². The van der Waals surface area contributed by atoms with E-state index in [-0.39, 0.29) is 6.61 Å². The van der Waals surface area contributed by atoms with Crippen molar-refractivity contribution in [3.8, 4) is 0 Å². The fourth-order valence-corrected chi connectivity index (χ4v) is 2.97. The summed E-state index contributed by atoms with van der Waals surface area (Å²) in [6.45, 7) is 1.74. The molecule has 1 aromatic carbocycles. The van der Waals surface area contributed by atoms with Crippen molar-refractivity contribution >= 4 is 17.3 Å². The van der Waals surface area contributed by atoms with E-state index in [1.54, 1.807) is 0 Å². The Morgan fingerprint density at radius 2 is 2.05 bits per heavy atom. The van der Waals surface area contributed by atoms with E-state index >= 15 is 0 Å². The molecule has 2 aliphatic rings. The monoisotopic (exact) mass is 294 g/mol. The molecule has 0 saturated heterocycles. The molecule has 0 unspecified atom stereocenters. The highest BCUT2D eigenvalue weighted by molar-refractivity contribution is 6.31. The van der Waals surface area contributed by atoms with Gasteiger partial charge in [-0.05, 0) is 49.8 Å². The maximum absolute atomic E-state index is 9.26. The highest BCUT2D eigenvalue weighted by atomic mass is 35.5. The standard InChI is InChI=1S/C16H23ClN2O/c17-16-10-15(19(8-9-20)14-2-1-3-14)7-4-12(16)11-18-13-5-6-13/h4,7,10,13-14,18,20H,1-3,5-6,8-9,11H2. The Kier molecular flexibility index (Phi) is 4.49. The van der Waals surface area contributed by atoms with Crippen LogP contribution in [0.2, 0.25) is 5.02 Å². The van der Waals surface area contributed by atoms with Crippen LogP contribution < -0.4 is 10.2 Å². The minimum Gasteiger partial charge on any atom is -0.395 e. The summed E-state index contributed by atoms with van der Waals surface area (Å²) in [6, 6.07) is 7.60. The summed E-state index contributed by atoms with van der Waals surface area (Å²) in [6.07, 6.45) is 6.33. The minimum atomic E-state index is 0.194. The largest absolute Gasteiger partial charge is 0.395 e. The molecule has 0 atom stereocenters. The highest BCUT2D eigenvalue weighted by Crippen LogP contribution is 2.32. The van der Waals surface area contributed by atoms with Crippen LogP contribution in [0, 0.1) is 0 Å². The molecule has 0 spiro atoms. The Morgan fingerprint density at radius 3 is 2.60 bits per heavy atom. The van der Waals surface area contributed by atoms with Gasteiger partial charge in [-0.2, -0.15) is 0 Å². The first-order valence-corrected chi connectivity index (χ1v) is 8.05. The Balaban J connectivity index is 1.69. The van der Waals surface area contributed by atoms with Crippen LogP contribution in [-0.2, 0) is 6.54 Å². The third-order valence-corrected chi connectivity index (χ3v) is 4.74. The molecule has 0 aliphatic heterocycles. The fourth-order valence-electron chi connectivity index (χ4n) is 2.73. The van der Waals surface area contributed by atoms with Crippen LogP contribution in [0.4, 0.5) is 5.69 Å². The number of benzene rings is 1. The molecule has 1 aromatic rings. The summed E-state index contributed by atoms with van der Waals surface area (Å²) in [5.74, 6) is 0. The van der Waals surface area contributed by atoms with E-state index in [2.05, 4.69) is 28.4 Å². The molecule has 0 bridgehead atoms. The molecule has 0 heterocycles. The first kappa shape index (κ1) is 14.2. The Hall–Kier alpha value is -0.770. The van der Waals surface area contributed by atoms with Gasteiger partial charge in [-0.3, -0.25) is 0 Å². The normalized spacial score (nSPS) is 18.9. The lowest BCUT2D eigenvalue weighted by Crippen LogP contribution is -2.42. The summed E-state index contributed by atoms with van der Waals surface area (Å²) < 4.78 is 0. The lowest BCUT2D eigenvalue weighted by molar-refractivity contribution is 0.283. The summed E-state index contributed by atoms with van der Waals surface area (Å²) >= 11 is 6.41. The summed E-state index contributed by atoms with van der Waals surface area (Å²) in [5.41, 5.74) is 2.31. The molecule has 0 amide bonds. The number of aliphatic hydroxyl groups is 1. The van der Waals surface area contributed by atoms with Crippen molar-refractivity contribution in [1.29, 1.82) is 0 Å². The highest BCUT2D eigenvalue weighted by Gasteiger charge is 2.25. The van der Waals surface area contributed by atoms with Crippen LogP contribution in [0.25, 0.3) is 0 Å². The molecule has 2 N–H and O–H groups in total. The van der Waals surface area contributed by atoms with Crippen LogP contribution in [0.1, 0.15) is 37.7 Å². The zero-order valence-corrected chi connectivity index (χ0v) is 12.6. The first-order chi connectivity index (χ1) is 9.78. The summed E-state index contributed by atoms with van der Waals surface area (Å²) in [4.78, 5) is 2.30. The van der Waals surface area contributed by atoms with Gasteiger partial charge in [0, 0.05) is 35.9 Å². The second-order valence-electron chi connectivity index (χ2n) is 5.93. The zero-order chi connectivity index (χ0) is 13.9. The van der Waals surface area contributed by atoms with Crippen LogP contribution in [-0.4, -0.2) is 30.3 Å². The van der Waals surface area contributed by atoms with E-state index in [9.17, 15) is 5.11 Å². The predicted molar refractivity (Wildman–Crippen MR) is 83.4 cm³/mol. The number of halogens is 1. The molecular weight excluding hydrogens is 272 g/mol. The van der Waals surface area contributed by atoms with E-state index in [0.29, 0.717) is 18.6 Å². The quantitative estimate of drug-likeness (QED) is 0.812. The number of anilines is 1. The van der Waals surface area contributed by atoms with Gasteiger partial charge in [0.05, 0.1) is 6.61 Å². The Morgan fingerprint density at radius 1 is 1.25 bits per heavy atom. The molecular formula is C16H23ClN2O. The van der Waals surface area contributed by atoms with Crippen molar-refractivity contribution in [2.45, 2.75) is 50.7 Å². The predicted octanol–water partition coefficient (Wildman–Crippen LogP) is 2.94. The number of hydrogen-bond donors (Lipinski definition) is 2. The SMILES string of the molecule is OCCN(c1ccc(CNC2CC2)c(Cl)c1)C1CCC1. The van der Waals surface area contributed by atoms with Gasteiger partial charge < -0.3 is 15.3 Å². The van der Waals surface area contributed by atoms with Gasteiger partial charge in [0.2, 0.25) is 0 Å². The average molecular weight is 295 g/mol. The molecule has 3 nitrogen and oxygen atoms in total. The topological polar surface area (TPSA) is 35.5 Å². The van der Waals surface area contributed by atoms with Crippen molar-refractivity contribution < 1.29 is 5.11 Å². The molecule has 110 valence electrons. The second-order valence-corrected chi connectivity index (χ2v) is 6.34. The molecule has 2 saturated carbocycles. The number of rotatable bonds is 7. The van der Waals surface area contributed by atoms with Crippen LogP contribution in [0.15, 0.2) is 18.2 Å². The number of nitrogens with zero attached hydrogens (tertiary/aromatic N) is 1. The minimum absolute atomic E-state index is 0.194. The third kappa shape index (κ3) is 3.27. The van der Waals surface area contributed by atoms with Crippen LogP contribution in [0.5, 0.6) is 0 Å². The lowest BCUT2D eigenvalue weighted by atomic mass is 9.91. The summed E-state index contributed by atoms with van der Waals surface area (Å²) in [5, 5.41) is 13.6. The van der Waals surface area contributed by atoms with E-state index in [1.165, 1.54) is 37.7 Å². The first-order valence-electron chi connectivity index (χ1n) is 7.67. The molecule has 4 heteroatoms. The van der Waals surface area contributed by atoms with Crippen molar-refractivity contribution in [2.75, 3.05) is 18.1 Å². The number of nitrogens with one attached hydrogen (secondary N) is 1. The van der Waals surface area contributed by atoms with Gasteiger partial charge in [-0.15, -0.1) is 0 Å². The van der Waals surface area contributed by atoms with Crippen molar-refractivity contribution in [3.63, 3.8) is 0 Å². The smallest absolute Gasteiger partial charge is 0.0606 e. The number of hydrogen-bond acceptors (Lipinski definition) is 3. The molecule has 20 heavy (non-hydrogen) atoms. The van der Waals surface area contributed by atoms with Gasteiger partial charge in [-0.1, -0.05) is 17.7 Å². The zero-order valence-electron chi connectivity index (χ0n) is 11.8. The van der Waals surface area contributed by atoms with Gasteiger partial charge in [-0.25, -0.2) is 0 Å². The fraction of sp³-hybridized carbons (Fsp3) is 0.625. The molecule has 2 aliphatic carbocycles. The second kappa shape index (κ2) is 6.33. The third-order valence-electron chi connectivity index (χ3n) is 4.38. The summed E-state index contributed by atoms with van der Waals surface area (Å²) in [7, 11) is 0. The Bertz CT molecular complexity index is 458.